The molecule has 1 saturated heterocycles. The average Bonchev–Trinajstić information content (AvgIpc) is 3.11. The molecular weight excluding hydrogens is 410 g/mol. The third-order valence-electron chi connectivity index (χ3n) is 5.31. The summed E-state index contributed by atoms with van der Waals surface area (Å²) in [6, 6.07) is 13.8. The highest BCUT2D eigenvalue weighted by Crippen LogP contribution is 2.21. The van der Waals surface area contributed by atoms with E-state index in [2.05, 4.69) is 9.71 Å². The monoisotopic (exact) mass is 431 g/mol. The van der Waals surface area contributed by atoms with Crippen molar-refractivity contribution in [3.63, 3.8) is 0 Å². The van der Waals surface area contributed by atoms with Crippen LogP contribution in [0.15, 0.2) is 59.6 Å². The van der Waals surface area contributed by atoms with Gasteiger partial charge in [0.15, 0.2) is 0 Å². The van der Waals surface area contributed by atoms with Crippen LogP contribution in [-0.4, -0.2) is 43.3 Å². The summed E-state index contributed by atoms with van der Waals surface area (Å²) in [5, 5.41) is 1.55. The van der Waals surface area contributed by atoms with Gasteiger partial charge in [0.2, 0.25) is 15.9 Å². The van der Waals surface area contributed by atoms with E-state index in [1.165, 1.54) is 12.1 Å². The number of hydrogen-bond acceptors (Lipinski definition) is 3. The second-order valence-corrected chi connectivity index (χ2v) is 9.42. The van der Waals surface area contributed by atoms with E-state index in [0.717, 1.165) is 16.5 Å². The molecule has 2 N–H and O–H groups in total. The lowest BCUT2D eigenvalue weighted by Crippen LogP contribution is -2.46. The average molecular weight is 432 g/mol. The Morgan fingerprint density at radius 1 is 1.10 bits per heavy atom. The Hall–Kier alpha value is -2.35. The minimum atomic E-state index is -3.60. The summed E-state index contributed by atoms with van der Waals surface area (Å²) in [5.74, 6) is 0.0637. The highest BCUT2D eigenvalue weighted by Gasteiger charge is 2.27. The molecule has 0 atom stereocenters. The SMILES string of the molecule is O=C(Cc1c[nH]c2ccccc12)N1CCC(NS(=O)(=O)c2ccc(Cl)cc2)CC1. The number of sulfonamides is 1. The lowest BCUT2D eigenvalue weighted by Gasteiger charge is -2.32. The van der Waals surface area contributed by atoms with Crippen LogP contribution >= 0.6 is 11.6 Å². The maximum atomic E-state index is 12.7. The molecule has 0 unspecified atom stereocenters. The Bertz CT molecular complexity index is 1120. The Kier molecular flexibility index (Phi) is 5.63. The fourth-order valence-corrected chi connectivity index (χ4v) is 5.13. The van der Waals surface area contributed by atoms with Crippen LogP contribution in [0.25, 0.3) is 10.9 Å². The van der Waals surface area contributed by atoms with Gasteiger partial charge in [0.25, 0.3) is 0 Å². The Labute approximate surface area is 174 Å². The first-order chi connectivity index (χ1) is 13.9. The number of rotatable bonds is 5. The number of likely N-dealkylation sites (tertiary alicyclic amines) is 1. The van der Waals surface area contributed by atoms with E-state index < -0.39 is 10.0 Å². The van der Waals surface area contributed by atoms with Crippen molar-refractivity contribution in [3.8, 4) is 0 Å². The molecule has 0 spiro atoms. The summed E-state index contributed by atoms with van der Waals surface area (Å²) in [7, 11) is -3.60. The largest absolute Gasteiger partial charge is 0.361 e. The quantitative estimate of drug-likeness (QED) is 0.650. The number of nitrogens with one attached hydrogen (secondary N) is 2. The molecule has 1 amide bonds. The van der Waals surface area contributed by atoms with Gasteiger partial charge in [0.1, 0.15) is 0 Å². The number of fused-ring (bicyclic) bond motifs is 1. The molecule has 4 rings (SSSR count). The number of carbonyl (C=O) groups excluding carboxylic acids is 1. The number of halogens is 1. The van der Waals surface area contributed by atoms with Gasteiger partial charge >= 0.3 is 0 Å². The summed E-state index contributed by atoms with van der Waals surface area (Å²) >= 11 is 5.83. The molecule has 2 aromatic carbocycles. The maximum absolute atomic E-state index is 12.7. The van der Waals surface area contributed by atoms with E-state index in [1.54, 1.807) is 12.1 Å². The zero-order chi connectivity index (χ0) is 20.4. The van der Waals surface area contributed by atoms with Crippen molar-refractivity contribution in [1.82, 2.24) is 14.6 Å². The molecule has 8 heteroatoms. The number of piperidine rings is 1. The highest BCUT2D eigenvalue weighted by atomic mass is 35.5. The van der Waals surface area contributed by atoms with Crippen molar-refractivity contribution >= 4 is 38.4 Å². The van der Waals surface area contributed by atoms with Crippen LogP contribution in [0.1, 0.15) is 18.4 Å². The molecule has 1 aliphatic heterocycles. The number of benzene rings is 2. The van der Waals surface area contributed by atoms with Gasteiger partial charge in [-0.1, -0.05) is 29.8 Å². The van der Waals surface area contributed by atoms with Crippen LogP contribution in [-0.2, 0) is 21.2 Å². The molecule has 2 heterocycles. The highest BCUT2D eigenvalue weighted by molar-refractivity contribution is 7.89. The van der Waals surface area contributed by atoms with Crippen LogP contribution in [0.2, 0.25) is 5.02 Å². The summed E-state index contributed by atoms with van der Waals surface area (Å²) in [5.41, 5.74) is 2.00. The van der Waals surface area contributed by atoms with Crippen molar-refractivity contribution in [2.75, 3.05) is 13.1 Å². The van der Waals surface area contributed by atoms with Gasteiger partial charge in [-0.3, -0.25) is 4.79 Å². The minimum absolute atomic E-state index is 0.0637. The molecule has 0 radical (unpaired) electrons. The molecule has 29 heavy (non-hydrogen) atoms. The van der Waals surface area contributed by atoms with Crippen LogP contribution in [0.5, 0.6) is 0 Å². The number of aromatic nitrogens is 1. The normalized spacial score (nSPS) is 15.7. The molecule has 1 aromatic heterocycles. The topological polar surface area (TPSA) is 82.3 Å². The lowest BCUT2D eigenvalue weighted by molar-refractivity contribution is -0.131. The number of amides is 1. The van der Waals surface area contributed by atoms with Gasteiger partial charge in [0.05, 0.1) is 11.3 Å². The van der Waals surface area contributed by atoms with Crippen molar-refractivity contribution in [2.45, 2.75) is 30.2 Å². The molecule has 6 nitrogen and oxygen atoms in total. The number of nitrogens with zero attached hydrogens (tertiary/aromatic N) is 1. The van der Waals surface area contributed by atoms with Crippen LogP contribution in [0, 0.1) is 0 Å². The van der Waals surface area contributed by atoms with Crippen LogP contribution < -0.4 is 4.72 Å². The zero-order valence-electron chi connectivity index (χ0n) is 15.8. The predicted molar refractivity (Wildman–Crippen MR) is 113 cm³/mol. The van der Waals surface area contributed by atoms with Gasteiger partial charge in [-0.2, -0.15) is 0 Å². The Morgan fingerprint density at radius 3 is 2.52 bits per heavy atom. The zero-order valence-corrected chi connectivity index (χ0v) is 17.3. The molecule has 0 saturated carbocycles. The molecule has 0 aliphatic carbocycles. The maximum Gasteiger partial charge on any atom is 0.240 e. The Morgan fingerprint density at radius 2 is 1.79 bits per heavy atom. The summed E-state index contributed by atoms with van der Waals surface area (Å²) in [6.45, 7) is 1.07. The molecule has 1 fully saturated rings. The van der Waals surface area contributed by atoms with Gasteiger partial charge in [-0.25, -0.2) is 13.1 Å². The van der Waals surface area contributed by atoms with Gasteiger partial charge in [-0.05, 0) is 48.7 Å². The second-order valence-electron chi connectivity index (χ2n) is 7.27. The van der Waals surface area contributed by atoms with Crippen LogP contribution in [0.4, 0.5) is 0 Å². The first-order valence-electron chi connectivity index (χ1n) is 9.53. The van der Waals surface area contributed by atoms with Crippen molar-refractivity contribution in [2.24, 2.45) is 0 Å². The number of hydrogen-bond donors (Lipinski definition) is 2. The molecular formula is C21H22ClN3O3S. The van der Waals surface area contributed by atoms with Crippen LogP contribution in [0.3, 0.4) is 0 Å². The first kappa shape index (κ1) is 19.9. The summed E-state index contributed by atoms with van der Waals surface area (Å²) in [6.07, 6.45) is 3.40. The van der Waals surface area contributed by atoms with E-state index in [1.807, 2.05) is 35.4 Å². The molecule has 1 aliphatic rings. The van der Waals surface area contributed by atoms with E-state index in [9.17, 15) is 13.2 Å². The van der Waals surface area contributed by atoms with Gasteiger partial charge in [0, 0.05) is 41.3 Å². The minimum Gasteiger partial charge on any atom is -0.361 e. The molecule has 152 valence electrons. The predicted octanol–water partition coefficient (Wildman–Crippen LogP) is 3.33. The molecule has 3 aromatic rings. The fourth-order valence-electron chi connectivity index (χ4n) is 3.70. The number of para-hydroxylation sites is 1. The first-order valence-corrected chi connectivity index (χ1v) is 11.4. The van der Waals surface area contributed by atoms with E-state index in [0.29, 0.717) is 37.4 Å². The van der Waals surface area contributed by atoms with E-state index in [4.69, 9.17) is 11.6 Å². The second kappa shape index (κ2) is 8.18. The fraction of sp³-hybridized carbons (Fsp3) is 0.286. The third-order valence-corrected chi connectivity index (χ3v) is 7.10. The van der Waals surface area contributed by atoms with Crippen molar-refractivity contribution in [3.05, 3.63) is 65.3 Å². The van der Waals surface area contributed by atoms with E-state index >= 15 is 0 Å². The van der Waals surface area contributed by atoms with Gasteiger partial charge < -0.3 is 9.88 Å². The number of carbonyl (C=O) groups is 1. The van der Waals surface area contributed by atoms with Crippen molar-refractivity contribution in [1.29, 1.82) is 0 Å². The number of aromatic amines is 1. The van der Waals surface area contributed by atoms with Gasteiger partial charge in [-0.15, -0.1) is 0 Å². The molecule has 0 bridgehead atoms. The summed E-state index contributed by atoms with van der Waals surface area (Å²) < 4.78 is 27.8. The Balaban J connectivity index is 1.34. The third kappa shape index (κ3) is 4.47. The lowest BCUT2D eigenvalue weighted by atomic mass is 10.0. The number of H-pyrrole nitrogens is 1. The standard InChI is InChI=1S/C21H22ClN3O3S/c22-16-5-7-18(8-6-16)29(27,28)24-17-9-11-25(12-10-17)21(26)13-15-14-23-20-4-2-1-3-19(15)20/h1-8,14,17,23-24H,9-13H2. The van der Waals surface area contributed by atoms with Crippen molar-refractivity contribution < 1.29 is 13.2 Å². The smallest absolute Gasteiger partial charge is 0.240 e. The van der Waals surface area contributed by atoms with E-state index in [-0.39, 0.29) is 16.8 Å². The summed E-state index contributed by atoms with van der Waals surface area (Å²) in [4.78, 5) is 17.9.